The van der Waals surface area contributed by atoms with Gasteiger partial charge in [0.15, 0.2) is 6.61 Å². The molecular formula is C39H49F3N6O9S. The fraction of sp³-hybridized carbons (Fsp3) is 0.615. The lowest BCUT2D eigenvalue weighted by molar-refractivity contribution is -0.154. The Morgan fingerprint density at radius 3 is 2.52 bits per heavy atom. The zero-order valence-corrected chi connectivity index (χ0v) is 33.5. The number of hydrogen-bond donors (Lipinski definition) is 3. The van der Waals surface area contributed by atoms with Crippen LogP contribution in [0.5, 0.6) is 17.4 Å². The van der Waals surface area contributed by atoms with E-state index in [4.69, 9.17) is 14.2 Å². The molecule has 15 nitrogen and oxygen atoms in total. The van der Waals surface area contributed by atoms with Crippen LogP contribution in [0.15, 0.2) is 30.4 Å². The van der Waals surface area contributed by atoms with E-state index in [1.165, 1.54) is 18.1 Å². The summed E-state index contributed by atoms with van der Waals surface area (Å²) in [6, 6.07) is 1.85. The van der Waals surface area contributed by atoms with Crippen LogP contribution in [0.2, 0.25) is 0 Å². The van der Waals surface area contributed by atoms with Crippen molar-refractivity contribution >= 4 is 44.7 Å². The van der Waals surface area contributed by atoms with E-state index in [1.54, 1.807) is 30.9 Å². The lowest BCUT2D eigenvalue weighted by atomic mass is 10.0. The Morgan fingerprint density at radius 1 is 1.09 bits per heavy atom. The molecule has 316 valence electrons. The minimum absolute atomic E-state index is 0.0817. The number of likely N-dealkylation sites (tertiary alicyclic amines) is 1. The van der Waals surface area contributed by atoms with Crippen LogP contribution in [-0.2, 0) is 24.4 Å². The van der Waals surface area contributed by atoms with E-state index in [0.29, 0.717) is 61.9 Å². The summed E-state index contributed by atoms with van der Waals surface area (Å²) in [6.45, 7) is 2.54. The Bertz CT molecular complexity index is 2110. The summed E-state index contributed by atoms with van der Waals surface area (Å²) >= 11 is 0. The number of carbonyl (C=O) groups excluding carboxylic acids is 4. The number of pyridine rings is 1. The number of urea groups is 1. The molecular weight excluding hydrogens is 786 g/mol. The topological polar surface area (TPSA) is 186 Å². The average molecular weight is 835 g/mol. The number of nitrogens with zero attached hydrogens (tertiary/aromatic N) is 3. The highest BCUT2D eigenvalue weighted by molar-refractivity contribution is 7.91. The van der Waals surface area contributed by atoms with E-state index < -0.39 is 81.0 Å². The van der Waals surface area contributed by atoms with Gasteiger partial charge in [0.25, 0.3) is 5.91 Å². The average Bonchev–Trinajstić information content (AvgIpc) is 4.02. The molecule has 2 saturated heterocycles. The predicted octanol–water partition coefficient (Wildman–Crippen LogP) is 4.02. The molecule has 0 unspecified atom stereocenters. The van der Waals surface area contributed by atoms with Crippen molar-refractivity contribution in [1.82, 2.24) is 30.1 Å². The highest BCUT2D eigenvalue weighted by Crippen LogP contribution is 2.48. The monoisotopic (exact) mass is 834 g/mol. The Hall–Kier alpha value is -4.81. The maximum atomic E-state index is 14.6. The van der Waals surface area contributed by atoms with Crippen molar-refractivity contribution in [3.05, 3.63) is 35.9 Å². The molecule has 5 atom stereocenters. The number of benzene rings is 1. The van der Waals surface area contributed by atoms with Gasteiger partial charge in [0, 0.05) is 42.4 Å². The summed E-state index contributed by atoms with van der Waals surface area (Å²) in [4.78, 5) is 63.3. The molecule has 3 aliphatic heterocycles. The van der Waals surface area contributed by atoms with Crippen LogP contribution in [0.3, 0.4) is 0 Å². The minimum Gasteiger partial charge on any atom is -0.496 e. The van der Waals surface area contributed by atoms with E-state index in [0.717, 1.165) is 19.3 Å². The molecule has 0 spiro atoms. The summed E-state index contributed by atoms with van der Waals surface area (Å²) in [5.41, 5.74) is -0.848. The maximum Gasteiger partial charge on any atom is 0.422 e. The molecule has 5 amide bonds. The van der Waals surface area contributed by atoms with Gasteiger partial charge in [-0.2, -0.15) is 13.2 Å². The van der Waals surface area contributed by atoms with E-state index >= 15 is 0 Å². The first kappa shape index (κ1) is 41.4. The molecule has 2 saturated carbocycles. The lowest BCUT2D eigenvalue weighted by Gasteiger charge is -2.34. The second-order valence-corrected chi connectivity index (χ2v) is 18.4. The number of fused-ring (bicyclic) bond motifs is 3. The van der Waals surface area contributed by atoms with Gasteiger partial charge < -0.3 is 34.6 Å². The van der Waals surface area contributed by atoms with Crippen LogP contribution in [0.4, 0.5) is 18.0 Å². The number of nitrogens with one attached hydrogen (secondary N) is 3. The van der Waals surface area contributed by atoms with Crippen LogP contribution < -0.4 is 29.6 Å². The van der Waals surface area contributed by atoms with Crippen LogP contribution >= 0.6 is 0 Å². The van der Waals surface area contributed by atoms with Crippen molar-refractivity contribution in [2.75, 3.05) is 33.4 Å². The molecule has 19 heteroatoms. The Kier molecular flexibility index (Phi) is 11.2. The largest absolute Gasteiger partial charge is 0.496 e. The van der Waals surface area contributed by atoms with Gasteiger partial charge >= 0.3 is 12.2 Å². The van der Waals surface area contributed by atoms with Gasteiger partial charge in [0.1, 0.15) is 35.2 Å². The SMILES string of the molecule is COc1ccc2c(O[C@@H]3C[C@H]4C(=O)N[C@]5(C(=O)NS(=O)(=O)C6(C)CC6)C[C@H]5C=CCCCCC[C@H](NC(=O)N5CCC5)C(=O)N4C3)cc(OCC(F)(F)F)nc2c1C. The Balaban J connectivity index is 1.22. The summed E-state index contributed by atoms with van der Waals surface area (Å²) in [6.07, 6.45) is 2.82. The number of sulfonamides is 1. The van der Waals surface area contributed by atoms with Crippen molar-refractivity contribution in [2.45, 2.75) is 113 Å². The van der Waals surface area contributed by atoms with Crippen LogP contribution in [0.25, 0.3) is 10.9 Å². The number of rotatable bonds is 9. The van der Waals surface area contributed by atoms with Crippen molar-refractivity contribution in [3.8, 4) is 17.4 Å². The molecule has 0 radical (unpaired) electrons. The van der Waals surface area contributed by atoms with Gasteiger partial charge in [-0.1, -0.05) is 25.0 Å². The standard InChI is InChI=1S/C39H49F3N6O9S/c1-23-29(55-3)13-12-26-30(19-31(44-32(23)26)56-22-39(40,41)42)57-25-18-28-33(49)45-38(35(51)46-58(53,54)37(2)14-15-37)20-24(38)10-7-5-4-6-8-11-27(34(50)48(28)21-25)43-36(52)47-16-9-17-47/h7,10,12-13,19,24-25,27-28H,4-6,8-9,11,14-18,20-22H2,1-3H3,(H,43,52)(H,45,49)(H,46,51)/t24-,25-,27+,28+,38-/m1/s1. The molecule has 4 heterocycles. The molecule has 2 aromatic rings. The molecule has 7 rings (SSSR count). The van der Waals surface area contributed by atoms with Gasteiger partial charge in [-0.05, 0) is 70.9 Å². The number of allylic oxidation sites excluding steroid dienone is 1. The molecule has 3 N–H and O–H groups in total. The number of amides is 5. The van der Waals surface area contributed by atoms with Gasteiger partial charge in [-0.15, -0.1) is 0 Å². The zero-order valence-electron chi connectivity index (χ0n) is 32.7. The van der Waals surface area contributed by atoms with E-state index in [9.17, 15) is 40.8 Å². The summed E-state index contributed by atoms with van der Waals surface area (Å²) in [7, 11) is -2.61. The van der Waals surface area contributed by atoms with Crippen LogP contribution in [-0.4, -0.2) is 115 Å². The maximum absolute atomic E-state index is 14.6. The number of alkyl halides is 3. The highest BCUT2D eigenvalue weighted by Gasteiger charge is 2.63. The first-order valence-electron chi connectivity index (χ1n) is 19.7. The van der Waals surface area contributed by atoms with Crippen LogP contribution in [0.1, 0.15) is 76.7 Å². The van der Waals surface area contributed by atoms with Gasteiger partial charge in [0.2, 0.25) is 27.7 Å². The van der Waals surface area contributed by atoms with E-state index in [-0.39, 0.29) is 36.5 Å². The second kappa shape index (κ2) is 15.7. The lowest BCUT2D eigenvalue weighted by Crippen LogP contribution is -2.59. The third kappa shape index (κ3) is 8.50. The fourth-order valence-corrected chi connectivity index (χ4v) is 9.10. The molecule has 2 aliphatic carbocycles. The van der Waals surface area contributed by atoms with Crippen molar-refractivity contribution in [1.29, 1.82) is 0 Å². The number of hydrogen-bond acceptors (Lipinski definition) is 10. The number of aromatic nitrogens is 1. The van der Waals surface area contributed by atoms with Gasteiger partial charge in [-0.25, -0.2) is 18.2 Å². The van der Waals surface area contributed by atoms with Crippen molar-refractivity contribution in [2.24, 2.45) is 5.92 Å². The summed E-state index contributed by atoms with van der Waals surface area (Å²) < 4.78 is 84.0. The normalized spacial score (nSPS) is 27.2. The zero-order chi connectivity index (χ0) is 41.6. The molecule has 1 aromatic carbocycles. The summed E-state index contributed by atoms with van der Waals surface area (Å²) in [5, 5.41) is 6.10. The Morgan fingerprint density at radius 2 is 1.84 bits per heavy atom. The molecule has 4 fully saturated rings. The quantitative estimate of drug-likeness (QED) is 0.312. The molecule has 1 aromatic heterocycles. The van der Waals surface area contributed by atoms with E-state index in [1.807, 2.05) is 12.2 Å². The van der Waals surface area contributed by atoms with Crippen LogP contribution in [0, 0.1) is 12.8 Å². The highest BCUT2D eigenvalue weighted by atomic mass is 32.2. The number of aryl methyl sites for hydroxylation is 1. The second-order valence-electron chi connectivity index (χ2n) is 16.2. The van der Waals surface area contributed by atoms with Gasteiger partial charge in [-0.3, -0.25) is 19.1 Å². The molecule has 58 heavy (non-hydrogen) atoms. The third-order valence-electron chi connectivity index (χ3n) is 11.9. The van der Waals surface area contributed by atoms with E-state index in [2.05, 4.69) is 20.3 Å². The smallest absolute Gasteiger partial charge is 0.422 e. The summed E-state index contributed by atoms with van der Waals surface area (Å²) in [5.74, 6) is -2.51. The third-order valence-corrected chi connectivity index (χ3v) is 14.1. The first-order valence-corrected chi connectivity index (χ1v) is 21.2. The number of halogens is 3. The number of methoxy groups -OCH3 is 1. The van der Waals surface area contributed by atoms with Crippen molar-refractivity contribution in [3.63, 3.8) is 0 Å². The predicted molar refractivity (Wildman–Crippen MR) is 204 cm³/mol. The minimum atomic E-state index is -4.65. The fourth-order valence-electron chi connectivity index (χ4n) is 7.79. The Labute approximate surface area is 334 Å². The first-order chi connectivity index (χ1) is 27.4. The molecule has 0 bridgehead atoms. The van der Waals surface area contributed by atoms with Gasteiger partial charge in [0.05, 0.1) is 23.9 Å². The molecule has 5 aliphatic rings. The number of ether oxygens (including phenoxy) is 3. The number of carbonyl (C=O) groups is 4. The van der Waals surface area contributed by atoms with Crippen molar-refractivity contribution < 1.29 is 55.0 Å².